The Morgan fingerprint density at radius 3 is 2.80 bits per heavy atom. The normalized spacial score (nSPS) is 10.1. The number of nitrogens with zero attached hydrogens (tertiary/aromatic N) is 1. The highest BCUT2D eigenvalue weighted by Crippen LogP contribution is 2.12. The monoisotopic (exact) mass is 270 g/mol. The highest BCUT2D eigenvalue weighted by atomic mass is 16.5. The summed E-state index contributed by atoms with van der Waals surface area (Å²) in [7, 11) is 0. The van der Waals surface area contributed by atoms with E-state index in [1.165, 1.54) is 0 Å². The van der Waals surface area contributed by atoms with Gasteiger partial charge in [0.15, 0.2) is 5.78 Å². The number of aromatic nitrogens is 1. The van der Waals surface area contributed by atoms with Gasteiger partial charge in [0, 0.05) is 17.4 Å². The first-order valence-electron chi connectivity index (χ1n) is 6.69. The molecule has 2 rings (SSSR count). The van der Waals surface area contributed by atoms with Crippen LogP contribution in [0.4, 0.5) is 5.69 Å². The molecule has 0 amide bonds. The number of pyridine rings is 1. The van der Waals surface area contributed by atoms with Crippen molar-refractivity contribution in [1.29, 1.82) is 0 Å². The zero-order valence-electron chi connectivity index (χ0n) is 11.5. The predicted molar refractivity (Wildman–Crippen MR) is 79.3 cm³/mol. The summed E-state index contributed by atoms with van der Waals surface area (Å²) in [5, 5.41) is 3.09. The lowest BCUT2D eigenvalue weighted by Gasteiger charge is -2.07. The molecule has 0 saturated heterocycles. The molecule has 0 unspecified atom stereocenters. The quantitative estimate of drug-likeness (QED) is 0.785. The van der Waals surface area contributed by atoms with Gasteiger partial charge in [-0.3, -0.25) is 9.78 Å². The number of ketones is 1. The molecule has 4 nitrogen and oxygen atoms in total. The smallest absolute Gasteiger partial charge is 0.183 e. The zero-order valence-corrected chi connectivity index (χ0v) is 11.5. The van der Waals surface area contributed by atoms with Crippen molar-refractivity contribution in [2.45, 2.75) is 13.3 Å². The molecule has 0 aliphatic rings. The SMILES string of the molecule is CCCOc1cncc(C(=O)CNc2ccccc2)c1. The minimum absolute atomic E-state index is 0.0108. The van der Waals surface area contributed by atoms with Gasteiger partial charge in [0.2, 0.25) is 0 Å². The Labute approximate surface area is 118 Å². The van der Waals surface area contributed by atoms with E-state index in [0.29, 0.717) is 17.9 Å². The Hall–Kier alpha value is -2.36. The number of nitrogens with one attached hydrogen (secondary N) is 1. The summed E-state index contributed by atoms with van der Waals surface area (Å²) in [6.45, 7) is 2.90. The molecule has 4 heteroatoms. The van der Waals surface area contributed by atoms with Crippen molar-refractivity contribution in [1.82, 2.24) is 4.98 Å². The van der Waals surface area contributed by atoms with E-state index in [1.54, 1.807) is 18.5 Å². The Morgan fingerprint density at radius 2 is 2.05 bits per heavy atom. The first kappa shape index (κ1) is 14.1. The topological polar surface area (TPSA) is 51.2 Å². The summed E-state index contributed by atoms with van der Waals surface area (Å²) in [6, 6.07) is 11.4. The van der Waals surface area contributed by atoms with Gasteiger partial charge in [0.25, 0.3) is 0 Å². The van der Waals surface area contributed by atoms with Crippen LogP contribution in [0.1, 0.15) is 23.7 Å². The van der Waals surface area contributed by atoms with Crippen LogP contribution in [0.5, 0.6) is 5.75 Å². The molecule has 0 spiro atoms. The number of carbonyl (C=O) groups excluding carboxylic acids is 1. The van der Waals surface area contributed by atoms with E-state index in [4.69, 9.17) is 4.74 Å². The van der Waals surface area contributed by atoms with Crippen molar-refractivity contribution in [3.8, 4) is 5.75 Å². The minimum atomic E-state index is -0.0108. The molecule has 1 aromatic carbocycles. The molecule has 104 valence electrons. The van der Waals surface area contributed by atoms with Crippen molar-refractivity contribution in [3.05, 3.63) is 54.4 Å². The lowest BCUT2D eigenvalue weighted by atomic mass is 10.2. The van der Waals surface area contributed by atoms with Gasteiger partial charge >= 0.3 is 0 Å². The van der Waals surface area contributed by atoms with E-state index in [2.05, 4.69) is 10.3 Å². The lowest BCUT2D eigenvalue weighted by molar-refractivity contribution is 0.100. The third kappa shape index (κ3) is 4.09. The fourth-order valence-corrected chi connectivity index (χ4v) is 1.71. The van der Waals surface area contributed by atoms with Crippen LogP contribution in [0.3, 0.4) is 0 Å². The van der Waals surface area contributed by atoms with Crippen LogP contribution in [0.25, 0.3) is 0 Å². The third-order valence-corrected chi connectivity index (χ3v) is 2.73. The number of benzene rings is 1. The second-order valence-corrected chi connectivity index (χ2v) is 4.40. The average molecular weight is 270 g/mol. The highest BCUT2D eigenvalue weighted by Gasteiger charge is 2.07. The number of carbonyl (C=O) groups is 1. The molecule has 0 saturated carbocycles. The summed E-state index contributed by atoms with van der Waals surface area (Å²) >= 11 is 0. The average Bonchev–Trinajstić information content (AvgIpc) is 2.52. The van der Waals surface area contributed by atoms with Gasteiger partial charge in [0.05, 0.1) is 19.3 Å². The minimum Gasteiger partial charge on any atom is -0.492 e. The number of hydrogen-bond donors (Lipinski definition) is 1. The van der Waals surface area contributed by atoms with E-state index in [0.717, 1.165) is 12.1 Å². The van der Waals surface area contributed by atoms with E-state index in [-0.39, 0.29) is 12.3 Å². The Kier molecular flexibility index (Phi) is 5.12. The molecular formula is C16H18N2O2. The van der Waals surface area contributed by atoms with E-state index >= 15 is 0 Å². The van der Waals surface area contributed by atoms with Crippen molar-refractivity contribution >= 4 is 11.5 Å². The predicted octanol–water partition coefficient (Wildman–Crippen LogP) is 3.17. The number of ether oxygens (including phenoxy) is 1. The van der Waals surface area contributed by atoms with Gasteiger partial charge in [0.1, 0.15) is 5.75 Å². The van der Waals surface area contributed by atoms with Gasteiger partial charge < -0.3 is 10.1 Å². The molecule has 0 bridgehead atoms. The molecule has 0 fully saturated rings. The second kappa shape index (κ2) is 7.28. The maximum absolute atomic E-state index is 12.1. The number of Topliss-reactive ketones (excluding diaryl/α,β-unsaturated/α-hetero) is 1. The standard InChI is InChI=1S/C16H18N2O2/c1-2-8-20-15-9-13(10-17-11-15)16(19)12-18-14-6-4-3-5-7-14/h3-7,9-11,18H,2,8,12H2,1H3. The Bertz CT molecular complexity index is 555. The zero-order chi connectivity index (χ0) is 14.2. The van der Waals surface area contributed by atoms with Crippen molar-refractivity contribution in [2.24, 2.45) is 0 Å². The molecule has 1 aromatic heterocycles. The number of anilines is 1. The maximum atomic E-state index is 12.1. The summed E-state index contributed by atoms with van der Waals surface area (Å²) < 4.78 is 5.47. The van der Waals surface area contributed by atoms with Crippen molar-refractivity contribution < 1.29 is 9.53 Å². The first-order valence-corrected chi connectivity index (χ1v) is 6.69. The number of para-hydroxylation sites is 1. The molecule has 0 aliphatic carbocycles. The van der Waals surface area contributed by atoms with Gasteiger partial charge in [-0.25, -0.2) is 0 Å². The Balaban J connectivity index is 1.95. The van der Waals surface area contributed by atoms with Gasteiger partial charge in [-0.05, 0) is 24.6 Å². The van der Waals surface area contributed by atoms with Crippen molar-refractivity contribution in [2.75, 3.05) is 18.5 Å². The maximum Gasteiger partial charge on any atom is 0.183 e. The van der Waals surface area contributed by atoms with Crippen LogP contribution in [0.2, 0.25) is 0 Å². The molecule has 1 N–H and O–H groups in total. The van der Waals surface area contributed by atoms with Gasteiger partial charge in [-0.15, -0.1) is 0 Å². The van der Waals surface area contributed by atoms with Crippen LogP contribution < -0.4 is 10.1 Å². The van der Waals surface area contributed by atoms with Crippen molar-refractivity contribution in [3.63, 3.8) is 0 Å². The van der Waals surface area contributed by atoms with Crippen LogP contribution in [0, 0.1) is 0 Å². The first-order chi connectivity index (χ1) is 9.79. The highest BCUT2D eigenvalue weighted by molar-refractivity contribution is 5.99. The van der Waals surface area contributed by atoms with Crippen LogP contribution in [-0.2, 0) is 0 Å². The lowest BCUT2D eigenvalue weighted by Crippen LogP contribution is -2.14. The van der Waals surface area contributed by atoms with E-state index in [1.807, 2.05) is 37.3 Å². The molecule has 1 heterocycles. The van der Waals surface area contributed by atoms with E-state index in [9.17, 15) is 4.79 Å². The second-order valence-electron chi connectivity index (χ2n) is 4.40. The summed E-state index contributed by atoms with van der Waals surface area (Å²) in [4.78, 5) is 16.1. The molecule has 2 aromatic rings. The van der Waals surface area contributed by atoms with Crippen LogP contribution >= 0.6 is 0 Å². The summed E-state index contributed by atoms with van der Waals surface area (Å²) in [5.74, 6) is 0.626. The molecule has 0 aliphatic heterocycles. The Morgan fingerprint density at radius 1 is 1.25 bits per heavy atom. The fourth-order valence-electron chi connectivity index (χ4n) is 1.71. The number of hydrogen-bond acceptors (Lipinski definition) is 4. The summed E-state index contributed by atoms with van der Waals surface area (Å²) in [6.07, 6.45) is 4.11. The third-order valence-electron chi connectivity index (χ3n) is 2.73. The van der Waals surface area contributed by atoms with Gasteiger partial charge in [-0.2, -0.15) is 0 Å². The van der Waals surface area contributed by atoms with Gasteiger partial charge in [-0.1, -0.05) is 25.1 Å². The van der Waals surface area contributed by atoms with Crippen LogP contribution in [-0.4, -0.2) is 23.9 Å². The fraction of sp³-hybridized carbons (Fsp3) is 0.250. The largest absolute Gasteiger partial charge is 0.492 e. The summed E-state index contributed by atoms with van der Waals surface area (Å²) in [5.41, 5.74) is 1.48. The molecular weight excluding hydrogens is 252 g/mol. The molecule has 0 atom stereocenters. The molecule has 20 heavy (non-hydrogen) atoms. The number of rotatable bonds is 7. The van der Waals surface area contributed by atoms with Crippen LogP contribution in [0.15, 0.2) is 48.8 Å². The van der Waals surface area contributed by atoms with E-state index < -0.39 is 0 Å². The molecule has 0 radical (unpaired) electrons.